The molecular weight excluding hydrogens is 519 g/mol. The average molecular weight is 540 g/mol. The second-order valence-corrected chi connectivity index (χ2v) is 8.00. The summed E-state index contributed by atoms with van der Waals surface area (Å²) in [6, 6.07) is 15.2. The number of carbonyl (C=O) groups is 3. The van der Waals surface area contributed by atoms with Crippen LogP contribution in [0.1, 0.15) is 21.5 Å². The van der Waals surface area contributed by atoms with Crippen LogP contribution in [0.25, 0.3) is 16.6 Å². The Bertz CT molecular complexity index is 1540. The topological polar surface area (TPSA) is 161 Å². The summed E-state index contributed by atoms with van der Waals surface area (Å²) in [7, 11) is 2.91. The van der Waals surface area contributed by atoms with Gasteiger partial charge in [0.1, 0.15) is 28.3 Å². The van der Waals surface area contributed by atoms with Crippen LogP contribution in [-0.2, 0) is 16.0 Å². The smallest absolute Gasteiger partial charge is 0.545 e. The molecule has 0 bridgehead atoms. The fraction of sp³-hybridized carbons (Fsp3) is 0.148. The van der Waals surface area contributed by atoms with E-state index in [1.165, 1.54) is 50.6 Å². The van der Waals surface area contributed by atoms with E-state index in [-0.39, 0.29) is 69.5 Å². The molecule has 0 atom stereocenters. The SMILES string of the molecule is COc1ccc(C(=O)C(Cc2ccc(OC)cc2OCC(=O)O)=C(C(=O)[O-])c2ccc3nonc3c2)cc1.[Na+]. The Hall–Kier alpha value is -4.19. The number of methoxy groups -OCH3 is 2. The number of Topliss-reactive ketones (excluding diaryl/α,β-unsaturated/α-hetero) is 1. The predicted molar refractivity (Wildman–Crippen MR) is 131 cm³/mol. The molecule has 0 aliphatic heterocycles. The van der Waals surface area contributed by atoms with Gasteiger partial charge in [0.05, 0.1) is 20.2 Å². The molecule has 11 nitrogen and oxygen atoms in total. The first-order chi connectivity index (χ1) is 18.3. The number of aliphatic carboxylic acids is 2. The Labute approximate surface area is 244 Å². The molecule has 12 heteroatoms. The van der Waals surface area contributed by atoms with Crippen molar-refractivity contribution in [2.24, 2.45) is 0 Å². The first-order valence-corrected chi connectivity index (χ1v) is 11.2. The zero-order valence-electron chi connectivity index (χ0n) is 21.3. The zero-order valence-corrected chi connectivity index (χ0v) is 23.3. The van der Waals surface area contributed by atoms with Gasteiger partial charge in [-0.25, -0.2) is 9.42 Å². The van der Waals surface area contributed by atoms with Crippen molar-refractivity contribution in [3.63, 3.8) is 0 Å². The maximum Gasteiger partial charge on any atom is 1.00 e. The van der Waals surface area contributed by atoms with Gasteiger partial charge in [0.15, 0.2) is 12.4 Å². The summed E-state index contributed by atoms with van der Waals surface area (Å²) in [5.74, 6) is -2.40. The number of allylic oxidation sites excluding steroid dienone is 1. The number of ether oxygens (including phenoxy) is 3. The van der Waals surface area contributed by atoms with Crippen LogP contribution in [0.3, 0.4) is 0 Å². The Balaban J connectivity index is 0.00000420. The summed E-state index contributed by atoms with van der Waals surface area (Å²) in [4.78, 5) is 37.4. The largest absolute Gasteiger partial charge is 1.00 e. The van der Waals surface area contributed by atoms with E-state index in [2.05, 4.69) is 10.3 Å². The molecule has 0 aliphatic rings. The van der Waals surface area contributed by atoms with Gasteiger partial charge in [-0.05, 0) is 63.9 Å². The number of carboxylic acids is 2. The van der Waals surface area contributed by atoms with Gasteiger partial charge in [0, 0.05) is 29.2 Å². The van der Waals surface area contributed by atoms with Crippen LogP contribution in [0.5, 0.6) is 17.2 Å². The summed E-state index contributed by atoms with van der Waals surface area (Å²) in [5.41, 5.74) is 0.872. The second kappa shape index (κ2) is 13.1. The minimum absolute atomic E-state index is 0. The molecule has 0 aliphatic carbocycles. The van der Waals surface area contributed by atoms with Gasteiger partial charge in [-0.3, -0.25) is 4.79 Å². The molecule has 4 rings (SSSR count). The van der Waals surface area contributed by atoms with Crippen LogP contribution < -0.4 is 48.9 Å². The molecule has 1 aromatic heterocycles. The van der Waals surface area contributed by atoms with E-state index in [4.69, 9.17) is 23.9 Å². The van der Waals surface area contributed by atoms with Gasteiger partial charge in [-0.2, -0.15) is 0 Å². The van der Waals surface area contributed by atoms with Crippen LogP contribution in [0.2, 0.25) is 0 Å². The third-order valence-electron chi connectivity index (χ3n) is 5.67. The summed E-state index contributed by atoms with van der Waals surface area (Å²) in [5, 5.41) is 29.1. The predicted octanol–water partition coefficient (Wildman–Crippen LogP) is -0.663. The molecule has 1 heterocycles. The van der Waals surface area contributed by atoms with Crippen molar-refractivity contribution in [2.45, 2.75) is 6.42 Å². The van der Waals surface area contributed by atoms with Crippen molar-refractivity contribution in [1.29, 1.82) is 0 Å². The molecule has 0 spiro atoms. The molecule has 39 heavy (non-hydrogen) atoms. The van der Waals surface area contributed by atoms with Crippen molar-refractivity contribution in [3.8, 4) is 17.2 Å². The number of carbonyl (C=O) groups excluding carboxylic acids is 2. The van der Waals surface area contributed by atoms with Crippen LogP contribution >= 0.6 is 0 Å². The van der Waals surface area contributed by atoms with Crippen molar-refractivity contribution in [3.05, 3.63) is 82.9 Å². The second-order valence-electron chi connectivity index (χ2n) is 8.00. The zero-order chi connectivity index (χ0) is 27.2. The molecule has 0 radical (unpaired) electrons. The van der Waals surface area contributed by atoms with E-state index in [0.29, 0.717) is 22.6 Å². The van der Waals surface area contributed by atoms with Gasteiger partial charge in [0.25, 0.3) is 0 Å². The number of rotatable bonds is 11. The standard InChI is InChI=1S/C27H22N2O9.Na/c1-35-18-7-3-15(4-8-18)26(32)20(11-16-5-9-19(36-2)13-23(16)37-14-24(30)31)25(27(33)34)17-6-10-21-22(12-17)29-38-28-21;/h3-10,12-13H,11,14H2,1-2H3,(H,30,31)(H,33,34);/q;+1/p-1. The maximum absolute atomic E-state index is 13.8. The Morgan fingerprint density at radius 3 is 2.15 bits per heavy atom. The molecule has 0 amide bonds. The van der Waals surface area contributed by atoms with Crippen LogP contribution in [-0.4, -0.2) is 54.0 Å². The van der Waals surface area contributed by atoms with Gasteiger partial charge in [-0.1, -0.05) is 12.1 Å². The Morgan fingerprint density at radius 2 is 1.51 bits per heavy atom. The number of carboxylic acid groups (broad SMARTS) is 2. The Kier molecular flexibility index (Phi) is 9.83. The monoisotopic (exact) mass is 540 g/mol. The summed E-state index contributed by atoms with van der Waals surface area (Å²) in [6.45, 7) is -0.658. The Morgan fingerprint density at radius 1 is 0.872 bits per heavy atom. The van der Waals surface area contributed by atoms with Crippen molar-refractivity contribution >= 4 is 34.3 Å². The third-order valence-corrected chi connectivity index (χ3v) is 5.67. The molecule has 0 fully saturated rings. The first kappa shape index (κ1) is 29.4. The number of ketones is 1. The van der Waals surface area contributed by atoms with Crippen LogP contribution in [0.4, 0.5) is 0 Å². The van der Waals surface area contributed by atoms with E-state index < -0.39 is 24.3 Å². The fourth-order valence-corrected chi connectivity index (χ4v) is 3.82. The molecule has 3 aromatic carbocycles. The molecule has 4 aromatic rings. The summed E-state index contributed by atoms with van der Waals surface area (Å²) in [6.07, 6.45) is -0.234. The number of benzene rings is 3. The van der Waals surface area contributed by atoms with Gasteiger partial charge >= 0.3 is 35.5 Å². The van der Waals surface area contributed by atoms with E-state index in [1.807, 2.05) is 0 Å². The molecular formula is C27H21N2NaO9. The number of fused-ring (bicyclic) bond motifs is 1. The molecule has 0 saturated carbocycles. The molecule has 1 N–H and O–H groups in total. The number of hydrogen-bond acceptors (Lipinski definition) is 10. The minimum Gasteiger partial charge on any atom is -0.545 e. The van der Waals surface area contributed by atoms with Crippen LogP contribution in [0, 0.1) is 0 Å². The molecule has 194 valence electrons. The fourth-order valence-electron chi connectivity index (χ4n) is 3.82. The quantitative estimate of drug-likeness (QED) is 0.146. The van der Waals surface area contributed by atoms with Gasteiger partial charge in [-0.15, -0.1) is 0 Å². The van der Waals surface area contributed by atoms with Crippen LogP contribution in [0.15, 0.2) is 70.9 Å². The van der Waals surface area contributed by atoms with E-state index >= 15 is 0 Å². The third kappa shape index (κ3) is 6.82. The van der Waals surface area contributed by atoms with E-state index in [9.17, 15) is 19.5 Å². The number of aromatic nitrogens is 2. The molecule has 0 saturated heterocycles. The number of nitrogens with zero attached hydrogens (tertiary/aromatic N) is 2. The summed E-state index contributed by atoms with van der Waals surface area (Å²) >= 11 is 0. The average Bonchev–Trinajstić information content (AvgIpc) is 3.39. The normalized spacial score (nSPS) is 11.2. The van der Waals surface area contributed by atoms with Gasteiger partial charge in [0.2, 0.25) is 0 Å². The van der Waals surface area contributed by atoms with Crippen molar-refractivity contribution < 1.29 is 73.0 Å². The maximum atomic E-state index is 13.8. The minimum atomic E-state index is -1.60. The molecule has 0 unspecified atom stereocenters. The van der Waals surface area contributed by atoms with E-state index in [1.54, 1.807) is 24.3 Å². The number of hydrogen-bond donors (Lipinski definition) is 1. The van der Waals surface area contributed by atoms with Crippen molar-refractivity contribution in [1.82, 2.24) is 10.3 Å². The van der Waals surface area contributed by atoms with Crippen molar-refractivity contribution in [2.75, 3.05) is 20.8 Å². The summed E-state index contributed by atoms with van der Waals surface area (Å²) < 4.78 is 20.5. The van der Waals surface area contributed by atoms with E-state index in [0.717, 1.165) is 0 Å². The van der Waals surface area contributed by atoms with Gasteiger partial charge < -0.3 is 29.2 Å². The first-order valence-electron chi connectivity index (χ1n) is 11.2.